The maximum Gasteiger partial charge on any atom is 0.411 e. The number of carbonyl (C=O) groups excluding carboxylic acids is 2. The number of carbonyl (C=O) groups is 2. The summed E-state index contributed by atoms with van der Waals surface area (Å²) in [5.74, 6) is -1.07. The van der Waals surface area contributed by atoms with Crippen LogP contribution in [0.5, 0.6) is 0 Å². The number of H-pyrrole nitrogens is 1. The molecule has 0 unspecified atom stereocenters. The molecule has 0 bridgehead atoms. The second-order valence-electron chi connectivity index (χ2n) is 3.85. The number of rotatable bonds is 3. The lowest BCUT2D eigenvalue weighted by molar-refractivity contribution is 0.102. The molecule has 1 aromatic carbocycles. The number of benzene rings is 1. The van der Waals surface area contributed by atoms with Crippen LogP contribution in [0.3, 0.4) is 0 Å². The van der Waals surface area contributed by atoms with Gasteiger partial charge in [-0.3, -0.25) is 10.1 Å². The molecule has 0 saturated carbocycles. The maximum atomic E-state index is 13.7. The minimum absolute atomic E-state index is 0.0327. The number of ether oxygens (including phenoxy) is 1. The van der Waals surface area contributed by atoms with Crippen LogP contribution in [0.4, 0.5) is 20.6 Å². The number of halogens is 1. The molecule has 2 amide bonds. The van der Waals surface area contributed by atoms with E-state index in [-0.39, 0.29) is 17.3 Å². The van der Waals surface area contributed by atoms with Crippen molar-refractivity contribution in [2.75, 3.05) is 17.7 Å². The van der Waals surface area contributed by atoms with Crippen LogP contribution in [0.2, 0.25) is 0 Å². The SMILES string of the molecule is COC(=O)Nc1ccc(NC(=O)c2ccc[nH]2)cc1F. The van der Waals surface area contributed by atoms with Gasteiger partial charge in [0.25, 0.3) is 5.91 Å². The van der Waals surface area contributed by atoms with Crippen molar-refractivity contribution in [3.8, 4) is 0 Å². The van der Waals surface area contributed by atoms with Crippen molar-refractivity contribution in [2.45, 2.75) is 0 Å². The molecule has 6 nitrogen and oxygen atoms in total. The zero-order valence-corrected chi connectivity index (χ0v) is 10.6. The molecule has 0 fully saturated rings. The van der Waals surface area contributed by atoms with E-state index < -0.39 is 11.9 Å². The highest BCUT2D eigenvalue weighted by atomic mass is 19.1. The van der Waals surface area contributed by atoms with Crippen molar-refractivity contribution in [1.29, 1.82) is 0 Å². The molecule has 0 saturated heterocycles. The lowest BCUT2D eigenvalue weighted by atomic mass is 10.2. The van der Waals surface area contributed by atoms with Crippen LogP contribution in [0.1, 0.15) is 10.5 Å². The largest absolute Gasteiger partial charge is 0.453 e. The Bertz CT molecular complexity index is 626. The highest BCUT2D eigenvalue weighted by molar-refractivity contribution is 6.03. The predicted molar refractivity (Wildman–Crippen MR) is 71.2 cm³/mol. The lowest BCUT2D eigenvalue weighted by Gasteiger charge is -2.08. The number of hydrogen-bond acceptors (Lipinski definition) is 3. The van der Waals surface area contributed by atoms with Crippen molar-refractivity contribution in [1.82, 2.24) is 4.98 Å². The Kier molecular flexibility index (Phi) is 3.99. The smallest absolute Gasteiger partial charge is 0.411 e. The van der Waals surface area contributed by atoms with Gasteiger partial charge < -0.3 is 15.0 Å². The monoisotopic (exact) mass is 277 g/mol. The maximum absolute atomic E-state index is 13.7. The zero-order valence-electron chi connectivity index (χ0n) is 10.6. The normalized spacial score (nSPS) is 9.90. The van der Waals surface area contributed by atoms with Gasteiger partial charge >= 0.3 is 6.09 Å². The minimum Gasteiger partial charge on any atom is -0.453 e. The Hall–Kier alpha value is -2.83. The highest BCUT2D eigenvalue weighted by Crippen LogP contribution is 2.19. The van der Waals surface area contributed by atoms with E-state index in [1.54, 1.807) is 18.3 Å². The van der Waals surface area contributed by atoms with Gasteiger partial charge in [0.15, 0.2) is 0 Å². The molecule has 0 aliphatic rings. The fourth-order valence-corrected chi connectivity index (χ4v) is 1.53. The Morgan fingerprint density at radius 1 is 1.25 bits per heavy atom. The number of anilines is 2. The Labute approximate surface area is 113 Å². The molecule has 0 atom stereocenters. The van der Waals surface area contributed by atoms with Gasteiger partial charge in [-0.2, -0.15) is 0 Å². The van der Waals surface area contributed by atoms with Crippen LogP contribution in [-0.4, -0.2) is 24.1 Å². The third kappa shape index (κ3) is 3.14. The summed E-state index contributed by atoms with van der Waals surface area (Å²) in [7, 11) is 1.18. The molecule has 3 N–H and O–H groups in total. The summed E-state index contributed by atoms with van der Waals surface area (Å²) in [4.78, 5) is 25.5. The standard InChI is InChI=1S/C13H12FN3O3/c1-20-13(19)17-10-5-4-8(7-9(10)14)16-12(18)11-3-2-6-15-11/h2-7,15H,1H3,(H,16,18)(H,17,19). The van der Waals surface area contributed by atoms with Gasteiger partial charge in [0.1, 0.15) is 11.5 Å². The molecule has 104 valence electrons. The zero-order chi connectivity index (χ0) is 14.5. The van der Waals surface area contributed by atoms with Gasteiger partial charge in [-0.05, 0) is 30.3 Å². The van der Waals surface area contributed by atoms with E-state index in [4.69, 9.17) is 0 Å². The second-order valence-corrected chi connectivity index (χ2v) is 3.85. The summed E-state index contributed by atoms with van der Waals surface area (Å²) in [6.07, 6.45) is 0.839. The lowest BCUT2D eigenvalue weighted by Crippen LogP contribution is -2.14. The Morgan fingerprint density at radius 2 is 2.05 bits per heavy atom. The number of hydrogen-bond donors (Lipinski definition) is 3. The van der Waals surface area contributed by atoms with E-state index >= 15 is 0 Å². The van der Waals surface area contributed by atoms with E-state index in [0.29, 0.717) is 5.69 Å². The molecular weight excluding hydrogens is 265 g/mol. The van der Waals surface area contributed by atoms with Gasteiger partial charge in [-0.15, -0.1) is 0 Å². The summed E-state index contributed by atoms with van der Waals surface area (Å²) in [6.45, 7) is 0. The molecule has 2 rings (SSSR count). The van der Waals surface area contributed by atoms with Crippen molar-refractivity contribution < 1.29 is 18.7 Å². The highest BCUT2D eigenvalue weighted by Gasteiger charge is 2.10. The van der Waals surface area contributed by atoms with E-state index in [9.17, 15) is 14.0 Å². The summed E-state index contributed by atoms with van der Waals surface area (Å²) in [5.41, 5.74) is 0.606. The number of amides is 2. The van der Waals surface area contributed by atoms with Crippen LogP contribution in [0.25, 0.3) is 0 Å². The Morgan fingerprint density at radius 3 is 2.65 bits per heavy atom. The van der Waals surface area contributed by atoms with Crippen LogP contribution < -0.4 is 10.6 Å². The van der Waals surface area contributed by atoms with Gasteiger partial charge in [0, 0.05) is 11.9 Å². The average molecular weight is 277 g/mol. The topological polar surface area (TPSA) is 83.2 Å². The summed E-state index contributed by atoms with van der Waals surface area (Å²) < 4.78 is 18.1. The quantitative estimate of drug-likeness (QED) is 0.806. The Balaban J connectivity index is 2.09. The first-order chi connectivity index (χ1) is 9.60. The van der Waals surface area contributed by atoms with E-state index in [1.165, 1.54) is 19.2 Å². The molecule has 7 heteroatoms. The van der Waals surface area contributed by atoms with E-state index in [2.05, 4.69) is 20.4 Å². The first kappa shape index (κ1) is 13.6. The van der Waals surface area contributed by atoms with Gasteiger partial charge in [-0.1, -0.05) is 0 Å². The predicted octanol–water partition coefficient (Wildman–Crippen LogP) is 2.58. The summed E-state index contributed by atoms with van der Waals surface area (Å²) in [5, 5.41) is 4.74. The first-order valence-electron chi connectivity index (χ1n) is 5.69. The molecule has 0 aliphatic carbocycles. The molecule has 1 aromatic heterocycles. The van der Waals surface area contributed by atoms with Crippen LogP contribution >= 0.6 is 0 Å². The molecule has 0 spiro atoms. The van der Waals surface area contributed by atoms with Crippen LogP contribution in [0.15, 0.2) is 36.5 Å². The fraction of sp³-hybridized carbons (Fsp3) is 0.0769. The molecule has 1 heterocycles. The van der Waals surface area contributed by atoms with Crippen molar-refractivity contribution >= 4 is 23.4 Å². The number of nitrogens with one attached hydrogen (secondary N) is 3. The fourth-order valence-electron chi connectivity index (χ4n) is 1.53. The number of aromatic nitrogens is 1. The average Bonchev–Trinajstić information content (AvgIpc) is 2.95. The molecule has 0 aliphatic heterocycles. The number of aromatic amines is 1. The molecule has 0 radical (unpaired) electrons. The van der Waals surface area contributed by atoms with Crippen molar-refractivity contribution in [3.05, 3.63) is 48.0 Å². The van der Waals surface area contributed by atoms with Gasteiger partial charge in [0.2, 0.25) is 0 Å². The van der Waals surface area contributed by atoms with Gasteiger partial charge in [-0.25, -0.2) is 9.18 Å². The molecule has 20 heavy (non-hydrogen) atoms. The van der Waals surface area contributed by atoms with E-state index in [1.807, 2.05) is 0 Å². The first-order valence-corrected chi connectivity index (χ1v) is 5.69. The van der Waals surface area contributed by atoms with Crippen LogP contribution in [-0.2, 0) is 4.74 Å². The van der Waals surface area contributed by atoms with Crippen molar-refractivity contribution in [3.63, 3.8) is 0 Å². The second kappa shape index (κ2) is 5.87. The molecular formula is C13H12FN3O3. The third-order valence-electron chi connectivity index (χ3n) is 2.49. The summed E-state index contributed by atoms with van der Waals surface area (Å²) in [6, 6.07) is 7.18. The van der Waals surface area contributed by atoms with Crippen LogP contribution in [0, 0.1) is 5.82 Å². The summed E-state index contributed by atoms with van der Waals surface area (Å²) >= 11 is 0. The third-order valence-corrected chi connectivity index (χ3v) is 2.49. The number of methoxy groups -OCH3 is 1. The van der Waals surface area contributed by atoms with E-state index in [0.717, 1.165) is 6.07 Å². The minimum atomic E-state index is -0.771. The molecule has 2 aromatic rings. The van der Waals surface area contributed by atoms with Crippen molar-refractivity contribution in [2.24, 2.45) is 0 Å². The van der Waals surface area contributed by atoms with Gasteiger partial charge in [0.05, 0.1) is 12.8 Å².